The first-order chi connectivity index (χ1) is 44.8. The summed E-state index contributed by atoms with van der Waals surface area (Å²) in [5.74, 6) is -3.19. The number of piperidine rings is 1. The monoisotopic (exact) mass is 1310 g/mol. The second-order valence-electron chi connectivity index (χ2n) is 24.2. The Morgan fingerprint density at radius 1 is 0.785 bits per heavy atom. The van der Waals surface area contributed by atoms with Crippen molar-refractivity contribution >= 4 is 102 Å². The zero-order chi connectivity index (χ0) is 65.4. The summed E-state index contributed by atoms with van der Waals surface area (Å²) in [4.78, 5) is 105. The molecule has 1 aliphatic carbocycles. The van der Waals surface area contributed by atoms with Crippen molar-refractivity contribution in [3.63, 3.8) is 0 Å². The molecule has 5 aliphatic rings. The Bertz CT molecular complexity index is 3980. The number of piperazine rings is 1. The van der Waals surface area contributed by atoms with Gasteiger partial charge in [0, 0.05) is 105 Å². The van der Waals surface area contributed by atoms with Gasteiger partial charge in [-0.1, -0.05) is 55.3 Å². The number of H-pyrrole nitrogens is 1. The molecule has 4 aliphatic heterocycles. The van der Waals surface area contributed by atoms with Gasteiger partial charge in [-0.25, -0.2) is 18.1 Å². The number of sulfonamides is 1. The maximum atomic E-state index is 14.8. The van der Waals surface area contributed by atoms with Crippen LogP contribution in [0.15, 0.2) is 114 Å². The third-order valence-corrected chi connectivity index (χ3v) is 18.9. The quantitative estimate of drug-likeness (QED) is 0.0107. The average molecular weight is 1310 g/mol. The van der Waals surface area contributed by atoms with E-state index in [9.17, 15) is 47.3 Å². The maximum Gasteiger partial charge on any atom is 0.293 e. The highest BCUT2D eigenvalue weighted by molar-refractivity contribution is 7.90. The van der Waals surface area contributed by atoms with Crippen LogP contribution < -0.4 is 30.5 Å². The summed E-state index contributed by atoms with van der Waals surface area (Å²) in [5.41, 5.74) is 5.34. The summed E-state index contributed by atoms with van der Waals surface area (Å²) in [7, 11) is -4.73. The number of nitro benzene ring substituents is 1. The van der Waals surface area contributed by atoms with E-state index in [-0.39, 0.29) is 124 Å². The van der Waals surface area contributed by atoms with Crippen molar-refractivity contribution in [2.45, 2.75) is 69.2 Å². The van der Waals surface area contributed by atoms with Crippen molar-refractivity contribution in [3.05, 3.63) is 152 Å². The number of nitrogens with one attached hydrogen (secondary N) is 5. The topological polar surface area (TPSA) is 306 Å². The summed E-state index contributed by atoms with van der Waals surface area (Å²) in [5, 5.41) is 22.1. The molecule has 6 heterocycles. The van der Waals surface area contributed by atoms with Crippen LogP contribution in [0.4, 0.5) is 34.1 Å². The number of Topliss-reactive ketones (excluding diaryl/α,β-unsaturated/α-hetero) is 1. The van der Waals surface area contributed by atoms with E-state index in [4.69, 9.17) is 30.5 Å². The first kappa shape index (κ1) is 65.8. The van der Waals surface area contributed by atoms with Crippen LogP contribution in [0.1, 0.15) is 105 Å². The number of ether oxygens (including phenoxy) is 4. The highest BCUT2D eigenvalue weighted by Gasteiger charge is 2.46. The summed E-state index contributed by atoms with van der Waals surface area (Å²) < 4.78 is 53.2. The number of benzene rings is 4. The number of amides is 5. The highest BCUT2D eigenvalue weighted by atomic mass is 35.5. The number of imide groups is 2. The maximum absolute atomic E-state index is 14.8. The smallest absolute Gasteiger partial charge is 0.293 e. The second kappa shape index (κ2) is 29.1. The normalized spacial score (nSPS) is 18.5. The van der Waals surface area contributed by atoms with Gasteiger partial charge in [0.15, 0.2) is 5.78 Å². The lowest BCUT2D eigenvalue weighted by Gasteiger charge is -2.40. The van der Waals surface area contributed by atoms with E-state index in [0.29, 0.717) is 66.0 Å². The lowest BCUT2D eigenvalue weighted by atomic mass is 9.70. The molecule has 5 amide bonds. The number of hydrogen-bond donors (Lipinski definition) is 5. The lowest BCUT2D eigenvalue weighted by Crippen LogP contribution is -2.54. The largest absolute Gasteiger partial charge is 0.382 e. The van der Waals surface area contributed by atoms with Crippen molar-refractivity contribution in [2.75, 3.05) is 126 Å². The fraction of sp³-hybridized carbons (Fsp3) is 0.409. The number of ketones is 1. The van der Waals surface area contributed by atoms with Crippen molar-refractivity contribution in [3.8, 4) is 0 Å². The molecule has 0 radical (unpaired) electrons. The number of nitro groups is 1. The van der Waals surface area contributed by atoms with Crippen LogP contribution in [0.3, 0.4) is 0 Å². The zero-order valence-corrected chi connectivity index (χ0v) is 53.3. The van der Waals surface area contributed by atoms with Gasteiger partial charge in [0.05, 0.1) is 90.7 Å². The van der Waals surface area contributed by atoms with E-state index in [2.05, 4.69) is 72.5 Å². The van der Waals surface area contributed by atoms with E-state index in [1.165, 1.54) is 29.3 Å². The number of anilines is 5. The Hall–Kier alpha value is -8.63. The molecule has 2 fully saturated rings. The van der Waals surface area contributed by atoms with Crippen LogP contribution in [0, 0.1) is 15.5 Å². The van der Waals surface area contributed by atoms with Gasteiger partial charge in [-0.15, -0.1) is 0 Å². The van der Waals surface area contributed by atoms with Gasteiger partial charge in [0.1, 0.15) is 23.1 Å². The molecule has 6 aromatic rings. The van der Waals surface area contributed by atoms with Crippen molar-refractivity contribution in [1.82, 2.24) is 29.8 Å². The van der Waals surface area contributed by atoms with Crippen molar-refractivity contribution < 1.29 is 61.1 Å². The molecule has 0 saturated carbocycles. The van der Waals surface area contributed by atoms with Gasteiger partial charge in [-0.2, -0.15) is 0 Å². The molecule has 490 valence electrons. The number of allylic oxidation sites excluding steroid dienone is 1. The van der Waals surface area contributed by atoms with Gasteiger partial charge in [-0.3, -0.25) is 54.0 Å². The molecule has 2 unspecified atom stereocenters. The number of aromatic nitrogens is 2. The lowest BCUT2D eigenvalue weighted by molar-refractivity contribution is -0.384. The van der Waals surface area contributed by atoms with Crippen LogP contribution in [0.5, 0.6) is 0 Å². The minimum absolute atomic E-state index is 0.0182. The van der Waals surface area contributed by atoms with Crippen molar-refractivity contribution in [1.29, 1.82) is 0 Å². The molecule has 27 heteroatoms. The van der Waals surface area contributed by atoms with Crippen LogP contribution in [0.2, 0.25) is 5.02 Å². The number of rotatable bonds is 27. The molecule has 93 heavy (non-hydrogen) atoms. The minimum Gasteiger partial charge on any atom is -0.382 e. The molecule has 2 atom stereocenters. The van der Waals surface area contributed by atoms with Crippen LogP contribution in [-0.4, -0.2) is 180 Å². The van der Waals surface area contributed by atoms with E-state index in [0.717, 1.165) is 48.8 Å². The Labute approximate surface area is 542 Å². The van der Waals surface area contributed by atoms with Crippen LogP contribution >= 0.6 is 11.6 Å². The average Bonchev–Trinajstić information content (AvgIpc) is 1.69. The van der Waals surface area contributed by atoms with Crippen molar-refractivity contribution in [2.24, 2.45) is 5.41 Å². The SMILES string of the molecule is CC1(C)CC=C(CN2CCN(c3ccc(N4CCCC(=O)c5nc6[nH]ccc6cc54)c(C(=O)NS(=O)(=O)c4ccc(NCCOCCOCCOCCOCCNc5cccc6c5C(=O)N(C5CCC(=O)NC5=O)C6=O)c([N+](=O)[O-])c4)c3)CC2)C(c2ccc(Cl)cc2)C1. The van der Waals surface area contributed by atoms with Gasteiger partial charge in [-0.05, 0) is 103 Å². The number of hydrogen-bond acceptors (Lipinski definition) is 20. The number of carbonyl (C=O) groups is 6. The fourth-order valence-electron chi connectivity index (χ4n) is 12.5. The highest BCUT2D eigenvalue weighted by Crippen LogP contribution is 2.45. The molecular formula is C66H74ClN11O14S. The second-order valence-corrected chi connectivity index (χ2v) is 26.3. The van der Waals surface area contributed by atoms with Gasteiger partial charge >= 0.3 is 0 Å². The summed E-state index contributed by atoms with van der Waals surface area (Å²) in [6.45, 7) is 10.8. The number of pyridine rings is 1. The van der Waals surface area contributed by atoms with E-state index < -0.39 is 61.1 Å². The summed E-state index contributed by atoms with van der Waals surface area (Å²) >= 11 is 6.29. The first-order valence-corrected chi connectivity index (χ1v) is 33.0. The Balaban J connectivity index is 0.649. The number of halogens is 1. The van der Waals surface area contributed by atoms with Gasteiger partial charge < -0.3 is 44.4 Å². The van der Waals surface area contributed by atoms with Gasteiger partial charge in [0.2, 0.25) is 11.8 Å². The zero-order valence-electron chi connectivity index (χ0n) is 51.7. The van der Waals surface area contributed by atoms with E-state index in [1.807, 2.05) is 35.2 Å². The predicted octanol–water partition coefficient (Wildman–Crippen LogP) is 8.00. The summed E-state index contributed by atoms with van der Waals surface area (Å²) in [6, 6.07) is 24.3. The van der Waals surface area contributed by atoms with E-state index in [1.54, 1.807) is 30.5 Å². The molecule has 2 aromatic heterocycles. The standard InChI is InChI=1S/C66H74ClN11O14S/c1-66(2)20-18-44(50(40-66)42-8-10-45(67)11-9-42)41-74-25-27-75(28-26-74)46-12-15-53(76-24-4-7-57(79)60-56(76)37-43-19-21-70-61(43)72-60)49(38-46)62(81)73-93(87,88)47-13-14-51(55(39-47)78(85)86)68-22-29-89-31-33-91-35-36-92-34-32-90-30-23-69-52-6-3-5-48-59(52)65(84)77(64(48)83)54-16-17-58(80)71-63(54)82/h3,5-6,8-15,18-19,21,37-39,50,54,68-69H,4,7,16-17,20,22-36,40-41H2,1-2H3,(H,70,72)(H,73,81)(H,71,80,82). The van der Waals surface area contributed by atoms with E-state index >= 15 is 0 Å². The first-order valence-electron chi connectivity index (χ1n) is 31.2. The third-order valence-electron chi connectivity index (χ3n) is 17.3. The molecule has 0 spiro atoms. The Morgan fingerprint density at radius 2 is 1.48 bits per heavy atom. The Kier molecular flexibility index (Phi) is 20.6. The molecule has 4 aromatic carbocycles. The number of carbonyl (C=O) groups excluding carboxylic acids is 6. The predicted molar refractivity (Wildman–Crippen MR) is 348 cm³/mol. The number of aromatic amines is 1. The summed E-state index contributed by atoms with van der Waals surface area (Å²) in [6.07, 6.45) is 6.85. The Morgan fingerprint density at radius 3 is 2.18 bits per heavy atom. The van der Waals surface area contributed by atoms with Crippen LogP contribution in [-0.2, 0) is 38.6 Å². The fourth-order valence-corrected chi connectivity index (χ4v) is 13.6. The van der Waals surface area contributed by atoms with Crippen LogP contribution in [0.25, 0.3) is 11.0 Å². The molecular weight excluding hydrogens is 1240 g/mol. The molecule has 0 bridgehead atoms. The third kappa shape index (κ3) is 15.4. The minimum atomic E-state index is -4.73. The number of fused-ring (bicyclic) bond motifs is 3. The molecule has 11 rings (SSSR count). The molecule has 25 nitrogen and oxygen atoms in total. The van der Waals surface area contributed by atoms with Gasteiger partial charge in [0.25, 0.3) is 33.4 Å². The molecule has 5 N–H and O–H groups in total. The molecule has 2 saturated heterocycles. The number of nitrogens with zero attached hydrogens (tertiary/aromatic N) is 6.